The van der Waals surface area contributed by atoms with Crippen LogP contribution in [-0.4, -0.2) is 17.2 Å². The van der Waals surface area contributed by atoms with Gasteiger partial charge in [0.2, 0.25) is 0 Å². The van der Waals surface area contributed by atoms with E-state index in [1.807, 2.05) is 0 Å². The largest absolute Gasteiger partial charge is 0.387 e. The number of aliphatic hydroxyl groups is 1. The summed E-state index contributed by atoms with van der Waals surface area (Å²) >= 11 is 0. The van der Waals surface area contributed by atoms with E-state index in [2.05, 4.69) is 12.2 Å². The molecule has 0 saturated heterocycles. The van der Waals surface area contributed by atoms with Gasteiger partial charge in [0.15, 0.2) is 0 Å². The maximum absolute atomic E-state index is 12.6. The summed E-state index contributed by atoms with van der Waals surface area (Å²) in [5.74, 6) is -0.270. The molecule has 0 bridgehead atoms. The Morgan fingerprint density at radius 3 is 2.53 bits per heavy atom. The van der Waals surface area contributed by atoms with E-state index >= 15 is 0 Å². The number of β-amino-alcohol motifs (C(OH)–C–C–N with tert-alkyl or cyclic N) is 1. The third-order valence-electron chi connectivity index (χ3n) is 2.98. The van der Waals surface area contributed by atoms with Gasteiger partial charge in [0, 0.05) is 12.1 Å². The van der Waals surface area contributed by atoms with Crippen LogP contribution in [0.1, 0.15) is 31.4 Å². The molecule has 2 nitrogen and oxygen atoms in total. The van der Waals surface area contributed by atoms with Crippen LogP contribution in [0, 0.1) is 5.82 Å². The van der Waals surface area contributed by atoms with E-state index in [0.717, 1.165) is 5.56 Å². The zero-order valence-corrected chi connectivity index (χ0v) is 8.83. The number of nitrogens with one attached hydrogen (secondary N) is 1. The van der Waals surface area contributed by atoms with Gasteiger partial charge in [-0.2, -0.15) is 0 Å². The molecule has 82 valence electrons. The molecular weight excluding hydrogens is 193 g/mol. The molecule has 2 rings (SSSR count). The Morgan fingerprint density at radius 1 is 1.40 bits per heavy atom. The highest BCUT2D eigenvalue weighted by atomic mass is 19.1. The standard InChI is InChI=1S/C12H16FNO/c1-12(6-7-12)14-8-11(15)9-2-4-10(13)5-3-9/h2-5,11,14-15H,6-8H2,1H3. The Morgan fingerprint density at radius 2 is 2.00 bits per heavy atom. The smallest absolute Gasteiger partial charge is 0.123 e. The van der Waals surface area contributed by atoms with Crippen molar-refractivity contribution in [1.82, 2.24) is 5.32 Å². The molecular formula is C12H16FNO. The lowest BCUT2D eigenvalue weighted by atomic mass is 10.1. The van der Waals surface area contributed by atoms with Crippen molar-refractivity contribution in [2.75, 3.05) is 6.54 Å². The van der Waals surface area contributed by atoms with Crippen molar-refractivity contribution in [2.24, 2.45) is 0 Å². The van der Waals surface area contributed by atoms with Gasteiger partial charge in [0.1, 0.15) is 5.82 Å². The van der Waals surface area contributed by atoms with Crippen LogP contribution >= 0.6 is 0 Å². The Kier molecular flexibility index (Phi) is 2.76. The number of halogens is 1. The third kappa shape index (κ3) is 2.76. The molecule has 2 N–H and O–H groups in total. The summed E-state index contributed by atoms with van der Waals surface area (Å²) < 4.78 is 12.6. The fourth-order valence-electron chi connectivity index (χ4n) is 1.51. The van der Waals surface area contributed by atoms with E-state index in [4.69, 9.17) is 0 Å². The van der Waals surface area contributed by atoms with Crippen molar-refractivity contribution >= 4 is 0 Å². The Bertz CT molecular complexity index is 332. The summed E-state index contributed by atoms with van der Waals surface area (Å²) in [5, 5.41) is 13.1. The second kappa shape index (κ2) is 3.91. The van der Waals surface area contributed by atoms with Gasteiger partial charge in [-0.05, 0) is 37.5 Å². The molecule has 0 heterocycles. The molecule has 1 atom stereocenters. The zero-order chi connectivity index (χ0) is 10.9. The Balaban J connectivity index is 1.89. The first-order valence-corrected chi connectivity index (χ1v) is 5.28. The molecule has 1 unspecified atom stereocenters. The minimum atomic E-state index is -0.553. The number of hydrogen-bond acceptors (Lipinski definition) is 2. The highest BCUT2D eigenvalue weighted by Gasteiger charge is 2.36. The van der Waals surface area contributed by atoms with Crippen LogP contribution in [0.2, 0.25) is 0 Å². The van der Waals surface area contributed by atoms with Gasteiger partial charge >= 0.3 is 0 Å². The van der Waals surface area contributed by atoms with Gasteiger partial charge in [0.25, 0.3) is 0 Å². The summed E-state index contributed by atoms with van der Waals surface area (Å²) in [4.78, 5) is 0. The predicted molar refractivity (Wildman–Crippen MR) is 57.0 cm³/mol. The number of benzene rings is 1. The zero-order valence-electron chi connectivity index (χ0n) is 8.83. The molecule has 0 spiro atoms. The van der Waals surface area contributed by atoms with Crippen molar-refractivity contribution in [3.63, 3.8) is 0 Å². The molecule has 1 fully saturated rings. The second-order valence-electron chi connectivity index (χ2n) is 4.51. The normalized spacial score (nSPS) is 19.9. The van der Waals surface area contributed by atoms with Gasteiger partial charge < -0.3 is 10.4 Å². The highest BCUT2D eigenvalue weighted by Crippen LogP contribution is 2.34. The van der Waals surface area contributed by atoms with Crippen LogP contribution in [0.3, 0.4) is 0 Å². The molecule has 1 aromatic rings. The first kappa shape index (κ1) is 10.6. The van der Waals surface area contributed by atoms with Gasteiger partial charge in [-0.25, -0.2) is 4.39 Å². The van der Waals surface area contributed by atoms with Crippen molar-refractivity contribution in [1.29, 1.82) is 0 Å². The van der Waals surface area contributed by atoms with Crippen LogP contribution < -0.4 is 5.32 Å². The number of hydrogen-bond donors (Lipinski definition) is 2. The highest BCUT2D eigenvalue weighted by molar-refractivity contribution is 5.19. The van der Waals surface area contributed by atoms with Crippen LogP contribution in [-0.2, 0) is 0 Å². The molecule has 3 heteroatoms. The lowest BCUT2D eigenvalue weighted by Crippen LogP contribution is -2.31. The minimum absolute atomic E-state index is 0.223. The average molecular weight is 209 g/mol. The van der Waals surface area contributed by atoms with E-state index < -0.39 is 6.10 Å². The summed E-state index contributed by atoms with van der Waals surface area (Å²) in [6.45, 7) is 2.67. The SMILES string of the molecule is CC1(NCC(O)c2ccc(F)cc2)CC1. The summed E-state index contributed by atoms with van der Waals surface area (Å²) in [6.07, 6.45) is 1.79. The summed E-state index contributed by atoms with van der Waals surface area (Å²) in [5.41, 5.74) is 0.981. The van der Waals surface area contributed by atoms with Crippen molar-refractivity contribution in [3.8, 4) is 0 Å². The van der Waals surface area contributed by atoms with Gasteiger partial charge in [-0.3, -0.25) is 0 Å². The van der Waals surface area contributed by atoms with Gasteiger partial charge in [-0.15, -0.1) is 0 Å². The minimum Gasteiger partial charge on any atom is -0.387 e. The maximum Gasteiger partial charge on any atom is 0.123 e. The number of rotatable bonds is 4. The van der Waals surface area contributed by atoms with Crippen LogP contribution in [0.5, 0.6) is 0 Å². The fourth-order valence-corrected chi connectivity index (χ4v) is 1.51. The lowest BCUT2D eigenvalue weighted by molar-refractivity contribution is 0.169. The van der Waals surface area contributed by atoms with E-state index in [1.165, 1.54) is 25.0 Å². The van der Waals surface area contributed by atoms with Crippen LogP contribution in [0.15, 0.2) is 24.3 Å². The number of aliphatic hydroxyl groups excluding tert-OH is 1. The van der Waals surface area contributed by atoms with E-state index in [-0.39, 0.29) is 11.4 Å². The molecule has 1 saturated carbocycles. The Labute approximate surface area is 89.1 Å². The first-order valence-electron chi connectivity index (χ1n) is 5.28. The predicted octanol–water partition coefficient (Wildman–Crippen LogP) is 2.00. The summed E-state index contributed by atoms with van der Waals surface area (Å²) in [7, 11) is 0. The molecule has 15 heavy (non-hydrogen) atoms. The first-order chi connectivity index (χ1) is 7.09. The van der Waals surface area contributed by atoms with E-state index in [9.17, 15) is 9.50 Å². The quantitative estimate of drug-likeness (QED) is 0.795. The van der Waals surface area contributed by atoms with E-state index in [1.54, 1.807) is 12.1 Å². The van der Waals surface area contributed by atoms with E-state index in [0.29, 0.717) is 6.54 Å². The summed E-state index contributed by atoms with van der Waals surface area (Å²) in [6, 6.07) is 5.99. The monoisotopic (exact) mass is 209 g/mol. The van der Waals surface area contributed by atoms with Crippen molar-refractivity contribution in [3.05, 3.63) is 35.6 Å². The second-order valence-corrected chi connectivity index (χ2v) is 4.51. The maximum atomic E-state index is 12.6. The van der Waals surface area contributed by atoms with Gasteiger partial charge in [0.05, 0.1) is 6.10 Å². The Hall–Kier alpha value is -0.930. The van der Waals surface area contributed by atoms with Crippen LogP contribution in [0.4, 0.5) is 4.39 Å². The van der Waals surface area contributed by atoms with Crippen molar-refractivity contribution in [2.45, 2.75) is 31.4 Å². The van der Waals surface area contributed by atoms with Crippen molar-refractivity contribution < 1.29 is 9.50 Å². The third-order valence-corrected chi connectivity index (χ3v) is 2.98. The average Bonchev–Trinajstić information content (AvgIpc) is 2.95. The topological polar surface area (TPSA) is 32.3 Å². The molecule has 0 radical (unpaired) electrons. The molecule has 0 amide bonds. The molecule has 1 aromatic carbocycles. The molecule has 0 aromatic heterocycles. The van der Waals surface area contributed by atoms with Gasteiger partial charge in [-0.1, -0.05) is 12.1 Å². The lowest BCUT2D eigenvalue weighted by Gasteiger charge is -2.16. The molecule has 1 aliphatic rings. The molecule has 0 aliphatic heterocycles. The molecule has 1 aliphatic carbocycles. The van der Waals surface area contributed by atoms with Crippen LogP contribution in [0.25, 0.3) is 0 Å². The fraction of sp³-hybridized carbons (Fsp3) is 0.500.